The Morgan fingerprint density at radius 2 is 2.11 bits per heavy atom. The standard InChI is InChI=1S/C7H15N.ClH/c1-3-5-7-8-6-4-2;/h4,6,8H,3,5,7H2,1-2H3;1H. The zero-order chi connectivity index (χ0) is 6.24. The third-order valence-corrected chi connectivity index (χ3v) is 0.959. The maximum atomic E-state index is 3.16. The number of nitrogens with one attached hydrogen (secondary N) is 1. The van der Waals surface area contributed by atoms with Crippen LogP contribution in [0.25, 0.3) is 0 Å². The van der Waals surface area contributed by atoms with Crippen molar-refractivity contribution in [2.75, 3.05) is 6.54 Å². The van der Waals surface area contributed by atoms with Crippen LogP contribution in [0.15, 0.2) is 12.3 Å². The van der Waals surface area contributed by atoms with Gasteiger partial charge in [0.2, 0.25) is 0 Å². The zero-order valence-corrected chi connectivity index (χ0v) is 7.00. The number of hydrogen-bond acceptors (Lipinski definition) is 1. The summed E-state index contributed by atoms with van der Waals surface area (Å²) in [6.45, 7) is 5.32. The van der Waals surface area contributed by atoms with Crippen LogP contribution in [0.5, 0.6) is 0 Å². The van der Waals surface area contributed by atoms with Crippen LogP contribution in [0.1, 0.15) is 26.7 Å². The Hall–Kier alpha value is -0.170. The minimum atomic E-state index is 0. The quantitative estimate of drug-likeness (QED) is 0.605. The molecule has 2 heteroatoms. The SMILES string of the molecule is CC=CNCCCC.Cl. The first-order valence-electron chi connectivity index (χ1n) is 3.26. The Balaban J connectivity index is 0. The lowest BCUT2D eigenvalue weighted by Gasteiger charge is -1.94. The molecule has 0 aromatic heterocycles. The van der Waals surface area contributed by atoms with Crippen LogP contribution in [0.4, 0.5) is 0 Å². The molecule has 0 bridgehead atoms. The molecule has 1 N–H and O–H groups in total. The summed E-state index contributed by atoms with van der Waals surface area (Å²) in [5, 5.41) is 3.16. The number of hydrogen-bond donors (Lipinski definition) is 1. The molecule has 0 aromatic carbocycles. The zero-order valence-electron chi connectivity index (χ0n) is 6.18. The summed E-state index contributed by atoms with van der Waals surface area (Å²) in [5.74, 6) is 0. The third-order valence-electron chi connectivity index (χ3n) is 0.959. The first-order chi connectivity index (χ1) is 3.91. The van der Waals surface area contributed by atoms with Crippen molar-refractivity contribution in [3.05, 3.63) is 12.3 Å². The van der Waals surface area contributed by atoms with Gasteiger partial charge in [0.25, 0.3) is 0 Å². The summed E-state index contributed by atoms with van der Waals surface area (Å²) >= 11 is 0. The van der Waals surface area contributed by atoms with E-state index in [2.05, 4.69) is 12.2 Å². The summed E-state index contributed by atoms with van der Waals surface area (Å²) in [4.78, 5) is 0. The van der Waals surface area contributed by atoms with Gasteiger partial charge in [-0.3, -0.25) is 0 Å². The molecule has 0 atom stereocenters. The normalized spacial score (nSPS) is 9.11. The van der Waals surface area contributed by atoms with Gasteiger partial charge in [-0.1, -0.05) is 19.4 Å². The van der Waals surface area contributed by atoms with Gasteiger partial charge in [0, 0.05) is 6.54 Å². The lowest BCUT2D eigenvalue weighted by molar-refractivity contribution is 0.734. The van der Waals surface area contributed by atoms with Gasteiger partial charge in [0.1, 0.15) is 0 Å². The van der Waals surface area contributed by atoms with Gasteiger partial charge in [0.15, 0.2) is 0 Å². The van der Waals surface area contributed by atoms with E-state index in [-0.39, 0.29) is 12.4 Å². The first kappa shape index (κ1) is 11.6. The van der Waals surface area contributed by atoms with Crippen molar-refractivity contribution >= 4 is 12.4 Å². The fourth-order valence-corrected chi connectivity index (χ4v) is 0.480. The summed E-state index contributed by atoms with van der Waals surface area (Å²) in [7, 11) is 0. The van der Waals surface area contributed by atoms with Crippen molar-refractivity contribution in [2.24, 2.45) is 0 Å². The van der Waals surface area contributed by atoms with Gasteiger partial charge in [-0.05, 0) is 19.5 Å². The molecule has 0 radical (unpaired) electrons. The fraction of sp³-hybridized carbons (Fsp3) is 0.714. The highest BCUT2D eigenvalue weighted by Crippen LogP contribution is 1.81. The van der Waals surface area contributed by atoms with E-state index >= 15 is 0 Å². The van der Waals surface area contributed by atoms with E-state index in [4.69, 9.17) is 0 Å². The highest BCUT2D eigenvalue weighted by Gasteiger charge is 1.75. The molecule has 0 aliphatic carbocycles. The average Bonchev–Trinajstić information content (AvgIpc) is 1.81. The molecular weight excluding hydrogens is 134 g/mol. The van der Waals surface area contributed by atoms with Crippen molar-refractivity contribution in [3.63, 3.8) is 0 Å². The summed E-state index contributed by atoms with van der Waals surface area (Å²) in [5.41, 5.74) is 0. The number of allylic oxidation sites excluding steroid dienone is 1. The molecule has 0 amide bonds. The van der Waals surface area contributed by atoms with Crippen molar-refractivity contribution in [1.29, 1.82) is 0 Å². The van der Waals surface area contributed by atoms with Crippen molar-refractivity contribution in [2.45, 2.75) is 26.7 Å². The predicted octanol–water partition coefficient (Wildman–Crippen LogP) is 2.33. The summed E-state index contributed by atoms with van der Waals surface area (Å²) in [6.07, 6.45) is 6.53. The molecule has 0 rings (SSSR count). The summed E-state index contributed by atoms with van der Waals surface area (Å²) < 4.78 is 0. The van der Waals surface area contributed by atoms with Crippen molar-refractivity contribution < 1.29 is 0 Å². The fourth-order valence-electron chi connectivity index (χ4n) is 0.480. The van der Waals surface area contributed by atoms with Gasteiger partial charge >= 0.3 is 0 Å². The lowest BCUT2D eigenvalue weighted by Crippen LogP contribution is -2.05. The van der Waals surface area contributed by atoms with Crippen LogP contribution in [-0.2, 0) is 0 Å². The van der Waals surface area contributed by atoms with Crippen LogP contribution in [0.3, 0.4) is 0 Å². The number of rotatable bonds is 4. The second-order valence-corrected chi connectivity index (χ2v) is 1.81. The monoisotopic (exact) mass is 149 g/mol. The largest absolute Gasteiger partial charge is 0.391 e. The molecular formula is C7H16ClN. The van der Waals surface area contributed by atoms with Gasteiger partial charge < -0.3 is 5.32 Å². The smallest absolute Gasteiger partial charge is 0.0141 e. The van der Waals surface area contributed by atoms with E-state index in [1.54, 1.807) is 0 Å². The Morgan fingerprint density at radius 3 is 2.56 bits per heavy atom. The molecule has 56 valence electrons. The second kappa shape index (κ2) is 10.7. The second-order valence-electron chi connectivity index (χ2n) is 1.81. The molecule has 0 unspecified atom stereocenters. The molecule has 1 nitrogen and oxygen atoms in total. The van der Waals surface area contributed by atoms with Crippen molar-refractivity contribution in [1.82, 2.24) is 5.32 Å². The highest BCUT2D eigenvalue weighted by atomic mass is 35.5. The third kappa shape index (κ3) is 11.4. The van der Waals surface area contributed by atoms with Crippen LogP contribution >= 0.6 is 12.4 Å². The van der Waals surface area contributed by atoms with Crippen LogP contribution in [0, 0.1) is 0 Å². The number of halogens is 1. The average molecular weight is 150 g/mol. The van der Waals surface area contributed by atoms with Gasteiger partial charge in [-0.25, -0.2) is 0 Å². The van der Waals surface area contributed by atoms with E-state index in [9.17, 15) is 0 Å². The van der Waals surface area contributed by atoms with Crippen LogP contribution in [-0.4, -0.2) is 6.54 Å². The topological polar surface area (TPSA) is 12.0 Å². The lowest BCUT2D eigenvalue weighted by atomic mass is 10.3. The Bertz CT molecular complexity index is 61.9. The van der Waals surface area contributed by atoms with Gasteiger partial charge in [-0.15, -0.1) is 12.4 Å². The summed E-state index contributed by atoms with van der Waals surface area (Å²) in [6, 6.07) is 0. The predicted molar refractivity (Wildman–Crippen MR) is 45.0 cm³/mol. The van der Waals surface area contributed by atoms with Crippen LogP contribution < -0.4 is 5.32 Å². The molecule has 0 heterocycles. The molecule has 0 fully saturated rings. The maximum Gasteiger partial charge on any atom is 0.0141 e. The van der Waals surface area contributed by atoms with E-state index in [0.717, 1.165) is 6.54 Å². The van der Waals surface area contributed by atoms with E-state index in [0.29, 0.717) is 0 Å². The molecule has 0 saturated heterocycles. The first-order valence-corrected chi connectivity index (χ1v) is 3.26. The Morgan fingerprint density at radius 1 is 1.44 bits per heavy atom. The van der Waals surface area contributed by atoms with E-state index in [1.165, 1.54) is 12.8 Å². The van der Waals surface area contributed by atoms with E-state index < -0.39 is 0 Å². The van der Waals surface area contributed by atoms with Gasteiger partial charge in [-0.2, -0.15) is 0 Å². The Labute approximate surface area is 63.9 Å². The minimum Gasteiger partial charge on any atom is -0.391 e. The van der Waals surface area contributed by atoms with Gasteiger partial charge in [0.05, 0.1) is 0 Å². The molecule has 0 aliphatic heterocycles. The minimum absolute atomic E-state index is 0. The molecule has 0 aromatic rings. The van der Waals surface area contributed by atoms with Crippen molar-refractivity contribution in [3.8, 4) is 0 Å². The molecule has 0 saturated carbocycles. The number of unbranched alkanes of at least 4 members (excludes halogenated alkanes) is 1. The van der Waals surface area contributed by atoms with E-state index in [1.807, 2.05) is 19.2 Å². The van der Waals surface area contributed by atoms with Crippen LogP contribution in [0.2, 0.25) is 0 Å². The Kier molecular flexibility index (Phi) is 13.9. The maximum absolute atomic E-state index is 3.16. The molecule has 9 heavy (non-hydrogen) atoms. The highest BCUT2D eigenvalue weighted by molar-refractivity contribution is 5.85. The molecule has 0 aliphatic rings. The molecule has 0 spiro atoms.